The Bertz CT molecular complexity index is 1620. The molecule has 0 aromatic heterocycles. The molecule has 2 aliphatic carbocycles. The van der Waals surface area contributed by atoms with E-state index in [2.05, 4.69) is 0 Å². The van der Waals surface area contributed by atoms with Crippen LogP contribution in [0.2, 0.25) is 0 Å². The van der Waals surface area contributed by atoms with Gasteiger partial charge in [-0.15, -0.1) is 0 Å². The predicted octanol–water partition coefficient (Wildman–Crippen LogP) is 1.28. The quantitative estimate of drug-likeness (QED) is 0.418. The molecule has 0 atom stereocenters. The third-order valence-electron chi connectivity index (χ3n) is 5.10. The summed E-state index contributed by atoms with van der Waals surface area (Å²) in [6.07, 6.45) is 0. The number of fused-ring (bicyclic) bond motifs is 1. The van der Waals surface area contributed by atoms with Crippen molar-refractivity contribution in [3.8, 4) is 28.4 Å². The van der Waals surface area contributed by atoms with Crippen molar-refractivity contribution in [1.29, 1.82) is 0 Å². The summed E-state index contributed by atoms with van der Waals surface area (Å²) in [5.41, 5.74) is -3.17. The fourth-order valence-electron chi connectivity index (χ4n) is 3.77. The maximum atomic E-state index is 13.1. The Kier molecular flexibility index (Phi) is 3.80. The highest BCUT2D eigenvalue weighted by Gasteiger charge is 2.22. The summed E-state index contributed by atoms with van der Waals surface area (Å²) in [6.45, 7) is 2.97. The van der Waals surface area contributed by atoms with E-state index in [9.17, 15) is 34.5 Å². The Balaban J connectivity index is 2.30. The second kappa shape index (κ2) is 6.00. The van der Waals surface area contributed by atoms with E-state index in [1.54, 1.807) is 6.92 Å². The highest BCUT2D eigenvalue weighted by atomic mass is 16.3. The van der Waals surface area contributed by atoms with Crippen LogP contribution < -0.4 is 21.7 Å². The third kappa shape index (κ3) is 2.44. The van der Waals surface area contributed by atoms with E-state index >= 15 is 0 Å². The lowest BCUT2D eigenvalue weighted by molar-refractivity contribution is 0.458. The molecule has 0 spiro atoms. The minimum absolute atomic E-state index is 0.0172. The Hall–Kier alpha value is -4.00. The van der Waals surface area contributed by atoms with Gasteiger partial charge in [0.2, 0.25) is 0 Å². The molecule has 3 N–H and O–H groups in total. The van der Waals surface area contributed by atoms with Crippen LogP contribution in [0.25, 0.3) is 21.9 Å². The van der Waals surface area contributed by atoms with E-state index in [0.717, 1.165) is 18.2 Å². The lowest BCUT2D eigenvalue weighted by atomic mass is 9.92. The van der Waals surface area contributed by atoms with Gasteiger partial charge in [-0.2, -0.15) is 0 Å². The molecule has 2 aliphatic rings. The van der Waals surface area contributed by atoms with Gasteiger partial charge in [-0.3, -0.25) is 19.2 Å². The van der Waals surface area contributed by atoms with Crippen LogP contribution in [-0.2, 0) is 0 Å². The minimum Gasteiger partial charge on any atom is -0.507 e. The molecule has 0 heterocycles. The summed E-state index contributed by atoms with van der Waals surface area (Å²) < 4.78 is 0. The normalized spacial score (nSPS) is 11.4. The summed E-state index contributed by atoms with van der Waals surface area (Å²) in [6, 6.07) is 5.81. The van der Waals surface area contributed by atoms with Crippen LogP contribution in [-0.4, -0.2) is 15.3 Å². The Morgan fingerprint density at radius 1 is 0.724 bits per heavy atom. The van der Waals surface area contributed by atoms with Crippen molar-refractivity contribution in [1.82, 2.24) is 0 Å². The first kappa shape index (κ1) is 18.4. The van der Waals surface area contributed by atoms with Gasteiger partial charge in [-0.25, -0.2) is 0 Å². The largest absolute Gasteiger partial charge is 0.507 e. The van der Waals surface area contributed by atoms with Crippen molar-refractivity contribution in [2.24, 2.45) is 0 Å². The molecule has 2 aromatic carbocycles. The molecule has 0 unspecified atom stereocenters. The topological polar surface area (TPSA) is 129 Å². The van der Waals surface area contributed by atoms with E-state index in [4.69, 9.17) is 0 Å². The summed E-state index contributed by atoms with van der Waals surface area (Å²) >= 11 is 0. The van der Waals surface area contributed by atoms with Crippen molar-refractivity contribution in [3.05, 3.63) is 92.8 Å². The summed E-state index contributed by atoms with van der Waals surface area (Å²) in [4.78, 5) is 50.2. The maximum absolute atomic E-state index is 13.1. The van der Waals surface area contributed by atoms with Gasteiger partial charge in [0.1, 0.15) is 17.2 Å². The smallest absolute Gasteiger partial charge is 0.199 e. The molecule has 0 aliphatic heterocycles. The van der Waals surface area contributed by atoms with Crippen LogP contribution in [0.5, 0.6) is 17.2 Å². The second-order valence-electron chi connectivity index (χ2n) is 6.97. The van der Waals surface area contributed by atoms with Gasteiger partial charge in [-0.1, -0.05) is 0 Å². The van der Waals surface area contributed by atoms with E-state index in [-0.39, 0.29) is 33.2 Å². The molecule has 2 aromatic rings. The lowest BCUT2D eigenvalue weighted by Crippen LogP contribution is -2.30. The second-order valence-corrected chi connectivity index (χ2v) is 6.97. The van der Waals surface area contributed by atoms with Crippen LogP contribution in [0, 0.1) is 24.3 Å². The van der Waals surface area contributed by atoms with Crippen molar-refractivity contribution < 1.29 is 15.3 Å². The average molecular weight is 390 g/mol. The number of aromatic hydroxyl groups is 3. The van der Waals surface area contributed by atoms with Crippen molar-refractivity contribution >= 4 is 10.8 Å². The minimum atomic E-state index is -0.884. The van der Waals surface area contributed by atoms with Gasteiger partial charge in [0.05, 0.1) is 15.8 Å². The lowest BCUT2D eigenvalue weighted by Gasteiger charge is -2.13. The van der Waals surface area contributed by atoms with Gasteiger partial charge in [-0.05, 0) is 49.7 Å². The number of hydrogen-bond acceptors (Lipinski definition) is 7. The zero-order valence-electron chi connectivity index (χ0n) is 15.4. The average Bonchev–Trinajstić information content (AvgIpc) is 2.65. The van der Waals surface area contributed by atoms with Crippen LogP contribution in [0.1, 0.15) is 11.1 Å². The Morgan fingerprint density at radius 2 is 1.28 bits per heavy atom. The van der Waals surface area contributed by atoms with Gasteiger partial charge in [0, 0.05) is 22.1 Å². The molecule has 0 saturated heterocycles. The van der Waals surface area contributed by atoms with E-state index in [0.29, 0.717) is 5.56 Å². The molecular weight excluding hydrogens is 376 g/mol. The number of phenolic OH excluding ortho intramolecular Hbond substituents is 3. The number of phenols is 3. The molecule has 29 heavy (non-hydrogen) atoms. The molecule has 0 fully saturated rings. The van der Waals surface area contributed by atoms with Gasteiger partial charge >= 0.3 is 0 Å². The van der Waals surface area contributed by atoms with E-state index < -0.39 is 43.7 Å². The zero-order valence-corrected chi connectivity index (χ0v) is 15.4. The molecule has 0 amide bonds. The summed E-state index contributed by atoms with van der Waals surface area (Å²) in [7, 11) is 0. The van der Waals surface area contributed by atoms with Crippen molar-refractivity contribution in [2.45, 2.75) is 13.8 Å². The van der Waals surface area contributed by atoms with Crippen LogP contribution in [0.4, 0.5) is 0 Å². The molecule has 4 rings (SSSR count). The number of hydrogen-bond donors (Lipinski definition) is 3. The molecule has 0 radical (unpaired) electrons. The molecule has 7 nitrogen and oxygen atoms in total. The zero-order chi connectivity index (χ0) is 21.2. The van der Waals surface area contributed by atoms with Gasteiger partial charge < -0.3 is 15.3 Å². The third-order valence-corrected chi connectivity index (χ3v) is 5.10. The predicted molar refractivity (Wildman–Crippen MR) is 107 cm³/mol. The summed E-state index contributed by atoms with van der Waals surface area (Å²) in [5.74, 6) is -1.13. The SMILES string of the molecule is Cc1cc(O)c2c(O)cc(-c3c(C)c(=O)c4c(=O)ccc(=O)c=4c3=O)c(O)c2c1. The first-order chi connectivity index (χ1) is 13.6. The number of aryl methyl sites for hydroxylation is 1. The van der Waals surface area contributed by atoms with E-state index in [1.807, 2.05) is 0 Å². The first-order valence-electron chi connectivity index (χ1n) is 8.63. The molecule has 144 valence electrons. The van der Waals surface area contributed by atoms with Crippen molar-refractivity contribution in [3.63, 3.8) is 0 Å². The monoisotopic (exact) mass is 390 g/mol. The highest BCUT2D eigenvalue weighted by Crippen LogP contribution is 2.44. The highest BCUT2D eigenvalue weighted by molar-refractivity contribution is 6.02. The fraction of sp³-hybridized carbons (Fsp3) is 0.0909. The maximum Gasteiger partial charge on any atom is 0.199 e. The fourth-order valence-corrected chi connectivity index (χ4v) is 3.77. The van der Waals surface area contributed by atoms with E-state index in [1.165, 1.54) is 19.1 Å². The first-order valence-corrected chi connectivity index (χ1v) is 8.63. The molecule has 0 saturated carbocycles. The number of rotatable bonds is 1. The standard InChI is InChI=1S/C22H14O7/c1-8-5-10-17(14(25)6-8)15(26)7-11(21(10)28)16-9(2)20(27)18-12(23)3-4-13(24)19(18)22(16)29/h3-7,25-26,28H,1-2H3. The molecule has 7 heteroatoms. The van der Waals surface area contributed by atoms with Crippen molar-refractivity contribution in [2.75, 3.05) is 0 Å². The molecular formula is C22H14O7. The Labute approximate surface area is 161 Å². The van der Waals surface area contributed by atoms with Crippen LogP contribution >= 0.6 is 0 Å². The summed E-state index contributed by atoms with van der Waals surface area (Å²) in [5, 5.41) is 30.4. The molecule has 0 bridgehead atoms. The van der Waals surface area contributed by atoms with Gasteiger partial charge in [0.25, 0.3) is 0 Å². The number of benzene rings is 2. The van der Waals surface area contributed by atoms with Gasteiger partial charge in [0.15, 0.2) is 21.7 Å². The Morgan fingerprint density at radius 3 is 1.90 bits per heavy atom. The van der Waals surface area contributed by atoms with Crippen LogP contribution in [0.15, 0.2) is 49.5 Å². The van der Waals surface area contributed by atoms with Crippen LogP contribution in [0.3, 0.4) is 0 Å².